The van der Waals surface area contributed by atoms with Crippen molar-refractivity contribution in [3.63, 3.8) is 0 Å². The molecule has 0 aliphatic heterocycles. The first kappa shape index (κ1) is 14.7. The van der Waals surface area contributed by atoms with Gasteiger partial charge in [0.25, 0.3) is 5.91 Å². The number of nitrogens with one attached hydrogen (secondary N) is 1. The van der Waals surface area contributed by atoms with E-state index in [-0.39, 0.29) is 24.5 Å². The number of carbonyl (C=O) groups excluding carboxylic acids is 1. The summed E-state index contributed by atoms with van der Waals surface area (Å²) >= 11 is 1.43. The maximum Gasteiger partial charge on any atom is 0.271 e. The average Bonchev–Trinajstić information content (AvgIpc) is 3.06. The summed E-state index contributed by atoms with van der Waals surface area (Å²) in [7, 11) is 0. The Balaban J connectivity index is 2.15. The highest BCUT2D eigenvalue weighted by atomic mass is 32.1. The number of thiazole rings is 1. The van der Waals surface area contributed by atoms with Gasteiger partial charge in [-0.05, 0) is 31.9 Å². The number of nitrogens with zero attached hydrogens (tertiary/aromatic N) is 1. The van der Waals surface area contributed by atoms with Gasteiger partial charge in [0.05, 0.1) is 6.26 Å². The Bertz CT molecular complexity index is 577. The quantitative estimate of drug-likeness (QED) is 0.888. The fraction of sp³-hybridized carbons (Fsp3) is 0.429. The first-order valence-electron chi connectivity index (χ1n) is 6.46. The van der Waals surface area contributed by atoms with Crippen LogP contribution in [0.3, 0.4) is 0 Å². The lowest BCUT2D eigenvalue weighted by Gasteiger charge is -2.18. The molecular formula is C14H18N2O3S. The van der Waals surface area contributed by atoms with Gasteiger partial charge in [-0.2, -0.15) is 0 Å². The first-order valence-corrected chi connectivity index (χ1v) is 7.27. The third-order valence-electron chi connectivity index (χ3n) is 3.24. The van der Waals surface area contributed by atoms with Gasteiger partial charge in [0.1, 0.15) is 5.69 Å². The molecule has 20 heavy (non-hydrogen) atoms. The Morgan fingerprint density at radius 2 is 2.30 bits per heavy atom. The van der Waals surface area contributed by atoms with Gasteiger partial charge in [-0.3, -0.25) is 4.79 Å². The molecule has 6 heteroatoms. The number of aliphatic hydroxyl groups is 1. The molecule has 0 aliphatic carbocycles. The van der Waals surface area contributed by atoms with Crippen LogP contribution in [-0.4, -0.2) is 28.6 Å². The minimum atomic E-state index is -0.218. The third-order valence-corrected chi connectivity index (χ3v) is 4.23. The summed E-state index contributed by atoms with van der Waals surface area (Å²) in [5, 5.41) is 12.7. The van der Waals surface area contributed by atoms with E-state index in [1.54, 1.807) is 12.3 Å². The molecular weight excluding hydrogens is 276 g/mol. The molecule has 0 saturated heterocycles. The number of furan rings is 1. The van der Waals surface area contributed by atoms with E-state index in [1.165, 1.54) is 11.3 Å². The van der Waals surface area contributed by atoms with Crippen molar-refractivity contribution in [2.45, 2.75) is 26.8 Å². The monoisotopic (exact) mass is 294 g/mol. The lowest BCUT2D eigenvalue weighted by molar-refractivity contribution is 0.0911. The second-order valence-electron chi connectivity index (χ2n) is 4.82. The molecule has 2 N–H and O–H groups in total. The van der Waals surface area contributed by atoms with Crippen molar-refractivity contribution in [1.29, 1.82) is 0 Å². The molecule has 2 heterocycles. The molecule has 0 radical (unpaired) electrons. The summed E-state index contributed by atoms with van der Waals surface area (Å²) in [6, 6.07) is 3.49. The lowest BCUT2D eigenvalue weighted by Crippen LogP contribution is -2.38. The molecule has 2 rings (SSSR count). The van der Waals surface area contributed by atoms with Crippen molar-refractivity contribution in [2.24, 2.45) is 5.92 Å². The smallest absolute Gasteiger partial charge is 0.271 e. The van der Waals surface area contributed by atoms with E-state index in [9.17, 15) is 4.79 Å². The molecule has 0 spiro atoms. The van der Waals surface area contributed by atoms with E-state index in [0.29, 0.717) is 16.5 Å². The normalized spacial score (nSPS) is 14.0. The van der Waals surface area contributed by atoms with E-state index < -0.39 is 0 Å². The number of rotatable bonds is 5. The molecule has 2 unspecified atom stereocenters. The predicted molar refractivity (Wildman–Crippen MR) is 77.7 cm³/mol. The molecule has 2 aromatic heterocycles. The van der Waals surface area contributed by atoms with E-state index in [1.807, 2.05) is 26.8 Å². The van der Waals surface area contributed by atoms with Crippen molar-refractivity contribution in [3.8, 4) is 10.8 Å². The molecule has 0 bridgehead atoms. The van der Waals surface area contributed by atoms with E-state index in [4.69, 9.17) is 9.52 Å². The van der Waals surface area contributed by atoms with Gasteiger partial charge in [0.2, 0.25) is 0 Å². The van der Waals surface area contributed by atoms with Crippen LogP contribution in [-0.2, 0) is 0 Å². The number of hydrogen-bond acceptors (Lipinski definition) is 5. The van der Waals surface area contributed by atoms with E-state index in [0.717, 1.165) is 4.88 Å². The minimum Gasteiger partial charge on any atom is -0.462 e. The van der Waals surface area contributed by atoms with Crippen molar-refractivity contribution in [2.75, 3.05) is 6.61 Å². The summed E-state index contributed by atoms with van der Waals surface area (Å²) in [5.41, 5.74) is 0.415. The van der Waals surface area contributed by atoms with Crippen LogP contribution in [0.15, 0.2) is 22.8 Å². The molecule has 0 aromatic carbocycles. The summed E-state index contributed by atoms with van der Waals surface area (Å²) in [6.07, 6.45) is 1.58. The SMILES string of the molecule is Cc1sc(-c2ccco2)nc1C(=O)NC(C)C(C)CO. The molecule has 2 atom stereocenters. The molecule has 0 fully saturated rings. The lowest BCUT2D eigenvalue weighted by atomic mass is 10.1. The maximum atomic E-state index is 12.2. The Kier molecular flexibility index (Phi) is 4.57. The summed E-state index contributed by atoms with van der Waals surface area (Å²) in [4.78, 5) is 17.4. The van der Waals surface area contributed by atoms with Gasteiger partial charge >= 0.3 is 0 Å². The molecule has 108 valence electrons. The number of carbonyl (C=O) groups is 1. The van der Waals surface area contributed by atoms with Crippen LogP contribution in [0.2, 0.25) is 0 Å². The van der Waals surface area contributed by atoms with Gasteiger partial charge in [-0.1, -0.05) is 6.92 Å². The third kappa shape index (κ3) is 3.08. The summed E-state index contributed by atoms with van der Waals surface area (Å²) in [6.45, 7) is 5.65. The zero-order valence-electron chi connectivity index (χ0n) is 11.7. The largest absolute Gasteiger partial charge is 0.462 e. The van der Waals surface area contributed by atoms with E-state index >= 15 is 0 Å². The molecule has 0 aliphatic rings. The van der Waals surface area contributed by atoms with Gasteiger partial charge in [-0.25, -0.2) is 4.98 Å². The predicted octanol–water partition coefficient (Wildman–Crippen LogP) is 2.46. The van der Waals surface area contributed by atoms with Crippen LogP contribution in [0.5, 0.6) is 0 Å². The van der Waals surface area contributed by atoms with Crippen molar-refractivity contribution in [1.82, 2.24) is 10.3 Å². The molecule has 5 nitrogen and oxygen atoms in total. The highest BCUT2D eigenvalue weighted by Gasteiger charge is 2.20. The maximum absolute atomic E-state index is 12.2. The highest BCUT2D eigenvalue weighted by Crippen LogP contribution is 2.27. The Labute approximate surface area is 121 Å². The Morgan fingerprint density at radius 1 is 1.55 bits per heavy atom. The first-order chi connectivity index (χ1) is 9.52. The number of hydrogen-bond donors (Lipinski definition) is 2. The second-order valence-corrected chi connectivity index (χ2v) is 6.03. The average molecular weight is 294 g/mol. The van der Waals surface area contributed by atoms with Gasteiger partial charge in [-0.15, -0.1) is 11.3 Å². The summed E-state index contributed by atoms with van der Waals surface area (Å²) in [5.74, 6) is 0.445. The fourth-order valence-corrected chi connectivity index (χ4v) is 2.57. The highest BCUT2D eigenvalue weighted by molar-refractivity contribution is 7.15. The number of aliphatic hydroxyl groups excluding tert-OH is 1. The van der Waals surface area contributed by atoms with Gasteiger partial charge in [0.15, 0.2) is 10.8 Å². The van der Waals surface area contributed by atoms with Crippen molar-refractivity contribution in [3.05, 3.63) is 29.0 Å². The van der Waals surface area contributed by atoms with Crippen LogP contribution >= 0.6 is 11.3 Å². The Hall–Kier alpha value is -1.66. The van der Waals surface area contributed by atoms with Crippen molar-refractivity contribution >= 4 is 17.2 Å². The molecule has 1 amide bonds. The number of aryl methyl sites for hydroxylation is 1. The summed E-state index contributed by atoms with van der Waals surface area (Å²) < 4.78 is 5.29. The van der Waals surface area contributed by atoms with Crippen LogP contribution < -0.4 is 5.32 Å². The van der Waals surface area contributed by atoms with Gasteiger partial charge in [0, 0.05) is 17.5 Å². The van der Waals surface area contributed by atoms with Crippen LogP contribution in [0.4, 0.5) is 0 Å². The second kappa shape index (κ2) is 6.19. The Morgan fingerprint density at radius 3 is 2.90 bits per heavy atom. The number of aromatic nitrogens is 1. The van der Waals surface area contributed by atoms with Gasteiger partial charge < -0.3 is 14.8 Å². The van der Waals surface area contributed by atoms with Crippen LogP contribution in [0.1, 0.15) is 29.2 Å². The van der Waals surface area contributed by atoms with Crippen molar-refractivity contribution < 1.29 is 14.3 Å². The number of amides is 1. The van der Waals surface area contributed by atoms with Crippen LogP contribution in [0, 0.1) is 12.8 Å². The zero-order chi connectivity index (χ0) is 14.7. The molecule has 0 saturated carbocycles. The fourth-order valence-electron chi connectivity index (χ4n) is 1.69. The zero-order valence-corrected chi connectivity index (χ0v) is 12.5. The standard InChI is InChI=1S/C14H18N2O3S/c1-8(7-17)9(2)15-13(18)12-10(3)20-14(16-12)11-5-4-6-19-11/h4-6,8-9,17H,7H2,1-3H3,(H,15,18). The molecule has 2 aromatic rings. The minimum absolute atomic E-state index is 0.00226. The topological polar surface area (TPSA) is 75.4 Å². The van der Waals surface area contributed by atoms with Crippen LogP contribution in [0.25, 0.3) is 10.8 Å². The van der Waals surface area contributed by atoms with E-state index in [2.05, 4.69) is 10.3 Å².